The summed E-state index contributed by atoms with van der Waals surface area (Å²) in [4.78, 5) is 2.53. The van der Waals surface area contributed by atoms with Crippen LogP contribution in [0.3, 0.4) is 0 Å². The minimum atomic E-state index is 0.477. The van der Waals surface area contributed by atoms with Gasteiger partial charge in [-0.05, 0) is 51.2 Å². The van der Waals surface area contributed by atoms with Gasteiger partial charge in [0.15, 0.2) is 0 Å². The molecule has 0 radical (unpaired) electrons. The van der Waals surface area contributed by atoms with Crippen LogP contribution in [-0.4, -0.2) is 30.6 Å². The Bertz CT molecular complexity index is 143. The molecule has 1 rings (SSSR count). The molecule has 1 saturated carbocycles. The van der Waals surface area contributed by atoms with Crippen molar-refractivity contribution in [3.05, 3.63) is 0 Å². The van der Waals surface area contributed by atoms with Crippen LogP contribution in [0, 0.1) is 5.92 Å². The largest absolute Gasteiger partial charge is 0.327 e. The monoisotopic (exact) mass is 198 g/mol. The second kappa shape index (κ2) is 6.41. The fraction of sp³-hybridized carbons (Fsp3) is 1.00. The number of nitrogens with zero attached hydrogens (tertiary/aromatic N) is 1. The molecule has 84 valence electrons. The van der Waals surface area contributed by atoms with Crippen LogP contribution in [0.4, 0.5) is 0 Å². The van der Waals surface area contributed by atoms with E-state index in [2.05, 4.69) is 18.7 Å². The summed E-state index contributed by atoms with van der Waals surface area (Å²) in [6.45, 7) is 8.14. The lowest BCUT2D eigenvalue weighted by Gasteiger charge is -2.21. The lowest BCUT2D eigenvalue weighted by molar-refractivity contribution is 0.268. The van der Waals surface area contributed by atoms with E-state index in [0.717, 1.165) is 5.92 Å². The second-order valence-corrected chi connectivity index (χ2v) is 4.58. The van der Waals surface area contributed by atoms with Crippen molar-refractivity contribution in [2.24, 2.45) is 11.7 Å². The van der Waals surface area contributed by atoms with Gasteiger partial charge in [0.05, 0.1) is 0 Å². The topological polar surface area (TPSA) is 29.3 Å². The maximum atomic E-state index is 6.08. The van der Waals surface area contributed by atoms with Crippen LogP contribution in [0.5, 0.6) is 0 Å². The van der Waals surface area contributed by atoms with Gasteiger partial charge in [0.2, 0.25) is 0 Å². The highest BCUT2D eigenvalue weighted by Gasteiger charge is 2.28. The summed E-state index contributed by atoms with van der Waals surface area (Å²) in [5, 5.41) is 0. The van der Waals surface area contributed by atoms with E-state index >= 15 is 0 Å². The number of nitrogens with two attached hydrogens (primary N) is 1. The zero-order valence-electron chi connectivity index (χ0n) is 9.84. The van der Waals surface area contributed by atoms with Crippen molar-refractivity contribution in [2.75, 3.05) is 19.6 Å². The third kappa shape index (κ3) is 4.43. The van der Waals surface area contributed by atoms with Crippen LogP contribution < -0.4 is 5.73 Å². The normalized spacial score (nSPS) is 18.9. The van der Waals surface area contributed by atoms with E-state index < -0.39 is 0 Å². The molecule has 0 aromatic rings. The first-order valence-electron chi connectivity index (χ1n) is 6.25. The molecule has 1 unspecified atom stereocenters. The number of hydrogen-bond donors (Lipinski definition) is 1. The van der Waals surface area contributed by atoms with Gasteiger partial charge in [-0.25, -0.2) is 0 Å². The van der Waals surface area contributed by atoms with Crippen molar-refractivity contribution in [1.82, 2.24) is 4.90 Å². The first-order valence-corrected chi connectivity index (χ1v) is 6.25. The number of unbranched alkanes of at least 4 members (excludes halogenated alkanes) is 1. The molecule has 0 bridgehead atoms. The highest BCUT2D eigenvalue weighted by atomic mass is 15.1. The molecular formula is C12H26N2. The summed E-state index contributed by atoms with van der Waals surface area (Å²) < 4.78 is 0. The SMILES string of the molecule is CCCCN(CC)CCC(N)C1CC1. The van der Waals surface area contributed by atoms with Crippen LogP contribution in [0.15, 0.2) is 0 Å². The van der Waals surface area contributed by atoms with Gasteiger partial charge in [-0.2, -0.15) is 0 Å². The molecule has 2 heteroatoms. The van der Waals surface area contributed by atoms with E-state index in [1.54, 1.807) is 0 Å². The zero-order chi connectivity index (χ0) is 10.4. The van der Waals surface area contributed by atoms with Gasteiger partial charge < -0.3 is 10.6 Å². The van der Waals surface area contributed by atoms with Gasteiger partial charge in [-0.3, -0.25) is 0 Å². The molecule has 1 atom stereocenters. The summed E-state index contributed by atoms with van der Waals surface area (Å²) in [5.74, 6) is 0.861. The molecule has 0 amide bonds. The molecule has 0 aromatic heterocycles. The van der Waals surface area contributed by atoms with E-state index in [4.69, 9.17) is 5.73 Å². The molecule has 0 saturated heterocycles. The first kappa shape index (κ1) is 12.0. The van der Waals surface area contributed by atoms with E-state index in [1.165, 1.54) is 51.7 Å². The Morgan fingerprint density at radius 2 is 2.00 bits per heavy atom. The molecular weight excluding hydrogens is 172 g/mol. The average Bonchev–Trinajstić information content (AvgIpc) is 3.01. The van der Waals surface area contributed by atoms with Gasteiger partial charge in [-0.1, -0.05) is 20.3 Å². The van der Waals surface area contributed by atoms with Gasteiger partial charge in [-0.15, -0.1) is 0 Å². The Morgan fingerprint density at radius 1 is 1.29 bits per heavy atom. The van der Waals surface area contributed by atoms with Gasteiger partial charge in [0.25, 0.3) is 0 Å². The molecule has 14 heavy (non-hydrogen) atoms. The maximum Gasteiger partial charge on any atom is 0.00793 e. The van der Waals surface area contributed by atoms with Crippen molar-refractivity contribution < 1.29 is 0 Å². The second-order valence-electron chi connectivity index (χ2n) is 4.58. The Morgan fingerprint density at radius 3 is 2.50 bits per heavy atom. The van der Waals surface area contributed by atoms with E-state index in [9.17, 15) is 0 Å². The minimum Gasteiger partial charge on any atom is -0.327 e. The predicted molar refractivity (Wildman–Crippen MR) is 62.3 cm³/mol. The summed E-state index contributed by atoms with van der Waals surface area (Å²) in [6.07, 6.45) is 6.57. The van der Waals surface area contributed by atoms with E-state index in [1.807, 2.05) is 0 Å². The Labute approximate surface area is 88.8 Å². The van der Waals surface area contributed by atoms with Gasteiger partial charge in [0.1, 0.15) is 0 Å². The lowest BCUT2D eigenvalue weighted by atomic mass is 10.1. The van der Waals surface area contributed by atoms with Crippen LogP contribution in [0.1, 0.15) is 46.0 Å². The summed E-state index contributed by atoms with van der Waals surface area (Å²) in [6, 6.07) is 0.477. The Kier molecular flexibility index (Phi) is 5.49. The fourth-order valence-corrected chi connectivity index (χ4v) is 1.90. The molecule has 1 aliphatic carbocycles. The summed E-state index contributed by atoms with van der Waals surface area (Å²) in [5.41, 5.74) is 6.08. The summed E-state index contributed by atoms with van der Waals surface area (Å²) >= 11 is 0. The zero-order valence-corrected chi connectivity index (χ0v) is 9.84. The molecule has 2 nitrogen and oxygen atoms in total. The highest BCUT2D eigenvalue weighted by Crippen LogP contribution is 2.32. The molecule has 0 spiro atoms. The predicted octanol–water partition coefficient (Wildman–Crippen LogP) is 2.24. The van der Waals surface area contributed by atoms with Crippen molar-refractivity contribution in [2.45, 2.75) is 52.0 Å². The molecule has 1 fully saturated rings. The Balaban J connectivity index is 2.06. The van der Waals surface area contributed by atoms with E-state index in [-0.39, 0.29) is 0 Å². The van der Waals surface area contributed by atoms with Crippen molar-refractivity contribution >= 4 is 0 Å². The smallest absolute Gasteiger partial charge is 0.00793 e. The molecule has 2 N–H and O–H groups in total. The number of rotatable bonds is 8. The third-order valence-electron chi connectivity index (χ3n) is 3.28. The molecule has 0 aromatic carbocycles. The fourth-order valence-electron chi connectivity index (χ4n) is 1.90. The first-order chi connectivity index (χ1) is 6.77. The van der Waals surface area contributed by atoms with Crippen molar-refractivity contribution in [1.29, 1.82) is 0 Å². The standard InChI is InChI=1S/C12H26N2/c1-3-5-9-14(4-2)10-8-12(13)11-6-7-11/h11-12H,3-10,13H2,1-2H3. The molecule has 0 heterocycles. The van der Waals surface area contributed by atoms with Crippen LogP contribution in [0.2, 0.25) is 0 Å². The lowest BCUT2D eigenvalue weighted by Crippen LogP contribution is -2.32. The van der Waals surface area contributed by atoms with Gasteiger partial charge in [0, 0.05) is 6.04 Å². The molecule has 1 aliphatic rings. The van der Waals surface area contributed by atoms with Crippen molar-refractivity contribution in [3.8, 4) is 0 Å². The molecule has 0 aliphatic heterocycles. The van der Waals surface area contributed by atoms with Gasteiger partial charge >= 0.3 is 0 Å². The Hall–Kier alpha value is -0.0800. The minimum absolute atomic E-state index is 0.477. The van der Waals surface area contributed by atoms with Crippen LogP contribution >= 0.6 is 0 Å². The van der Waals surface area contributed by atoms with E-state index in [0.29, 0.717) is 6.04 Å². The van der Waals surface area contributed by atoms with Crippen LogP contribution in [0.25, 0.3) is 0 Å². The summed E-state index contributed by atoms with van der Waals surface area (Å²) in [7, 11) is 0. The average molecular weight is 198 g/mol. The van der Waals surface area contributed by atoms with Crippen molar-refractivity contribution in [3.63, 3.8) is 0 Å². The quantitative estimate of drug-likeness (QED) is 0.648. The third-order valence-corrected chi connectivity index (χ3v) is 3.28. The highest BCUT2D eigenvalue weighted by molar-refractivity contribution is 4.84. The number of hydrogen-bond acceptors (Lipinski definition) is 2. The van der Waals surface area contributed by atoms with Crippen LogP contribution in [-0.2, 0) is 0 Å². The maximum absolute atomic E-state index is 6.08.